The molecule has 0 radical (unpaired) electrons. The molecule has 106 valence electrons. The highest BCUT2D eigenvalue weighted by molar-refractivity contribution is 5.70. The number of hydrogen-bond donors (Lipinski definition) is 1. The van der Waals surface area contributed by atoms with Crippen LogP contribution in [0.4, 0.5) is 0 Å². The maximum atomic E-state index is 10.9. The Morgan fingerprint density at radius 1 is 1.45 bits per heavy atom. The number of carboxylic acid groups (broad SMARTS) is 1. The fraction of sp³-hybridized carbons (Fsp3) is 0.467. The Morgan fingerprint density at radius 3 is 2.85 bits per heavy atom. The number of carboxylic acids is 1. The maximum absolute atomic E-state index is 10.9. The van der Waals surface area contributed by atoms with E-state index in [0.29, 0.717) is 0 Å². The van der Waals surface area contributed by atoms with E-state index in [2.05, 4.69) is 33.5 Å². The Kier molecular flexibility index (Phi) is 3.44. The SMILES string of the molecule is Cc1cccn2cc(CN3CCC(C(=O)O)CC3)nc12. The summed E-state index contributed by atoms with van der Waals surface area (Å²) in [6.45, 7) is 4.53. The van der Waals surface area contributed by atoms with Crippen LogP contribution in [0.15, 0.2) is 24.5 Å². The van der Waals surface area contributed by atoms with Crippen LogP contribution in [0.25, 0.3) is 5.65 Å². The second kappa shape index (κ2) is 5.25. The van der Waals surface area contributed by atoms with Crippen molar-refractivity contribution in [2.45, 2.75) is 26.3 Å². The molecule has 1 saturated heterocycles. The minimum Gasteiger partial charge on any atom is -0.481 e. The molecule has 0 amide bonds. The number of aliphatic carboxylic acids is 1. The van der Waals surface area contributed by atoms with E-state index in [9.17, 15) is 4.79 Å². The van der Waals surface area contributed by atoms with Crippen molar-refractivity contribution in [3.8, 4) is 0 Å². The quantitative estimate of drug-likeness (QED) is 0.928. The van der Waals surface area contributed by atoms with E-state index in [1.807, 2.05) is 12.3 Å². The van der Waals surface area contributed by atoms with Crippen molar-refractivity contribution < 1.29 is 9.90 Å². The molecule has 1 fully saturated rings. The van der Waals surface area contributed by atoms with Crippen molar-refractivity contribution in [3.63, 3.8) is 0 Å². The van der Waals surface area contributed by atoms with Crippen molar-refractivity contribution in [3.05, 3.63) is 35.8 Å². The van der Waals surface area contributed by atoms with Crippen LogP contribution in [-0.2, 0) is 11.3 Å². The van der Waals surface area contributed by atoms with Crippen molar-refractivity contribution in [1.29, 1.82) is 0 Å². The highest BCUT2D eigenvalue weighted by Gasteiger charge is 2.24. The van der Waals surface area contributed by atoms with Gasteiger partial charge in [-0.25, -0.2) is 4.98 Å². The monoisotopic (exact) mass is 273 g/mol. The number of rotatable bonds is 3. The van der Waals surface area contributed by atoms with Crippen molar-refractivity contribution in [1.82, 2.24) is 14.3 Å². The summed E-state index contributed by atoms with van der Waals surface area (Å²) >= 11 is 0. The molecule has 5 nitrogen and oxygen atoms in total. The number of piperidine rings is 1. The second-order valence-corrected chi connectivity index (χ2v) is 5.54. The number of carbonyl (C=O) groups is 1. The molecule has 1 aliphatic rings. The first kappa shape index (κ1) is 13.1. The Morgan fingerprint density at radius 2 is 2.20 bits per heavy atom. The van der Waals surface area contributed by atoms with Gasteiger partial charge in [0, 0.05) is 18.9 Å². The highest BCUT2D eigenvalue weighted by atomic mass is 16.4. The van der Waals surface area contributed by atoms with Gasteiger partial charge < -0.3 is 9.51 Å². The van der Waals surface area contributed by atoms with Crippen LogP contribution in [-0.4, -0.2) is 38.4 Å². The minimum atomic E-state index is -0.659. The summed E-state index contributed by atoms with van der Waals surface area (Å²) in [5.74, 6) is -0.831. The molecule has 0 aliphatic carbocycles. The van der Waals surface area contributed by atoms with Gasteiger partial charge >= 0.3 is 5.97 Å². The molecular weight excluding hydrogens is 254 g/mol. The molecule has 1 aliphatic heterocycles. The summed E-state index contributed by atoms with van der Waals surface area (Å²) in [5.41, 5.74) is 3.22. The van der Waals surface area contributed by atoms with Gasteiger partial charge in [-0.1, -0.05) is 6.07 Å². The van der Waals surface area contributed by atoms with Crippen molar-refractivity contribution in [2.24, 2.45) is 5.92 Å². The van der Waals surface area contributed by atoms with Gasteiger partial charge in [0.2, 0.25) is 0 Å². The van der Waals surface area contributed by atoms with Crippen LogP contribution in [0.5, 0.6) is 0 Å². The lowest BCUT2D eigenvalue weighted by Gasteiger charge is -2.29. The fourth-order valence-corrected chi connectivity index (χ4v) is 2.85. The zero-order chi connectivity index (χ0) is 14.1. The number of nitrogens with zero attached hydrogens (tertiary/aromatic N) is 3. The van der Waals surface area contributed by atoms with Gasteiger partial charge in [-0.2, -0.15) is 0 Å². The van der Waals surface area contributed by atoms with Crippen molar-refractivity contribution >= 4 is 11.6 Å². The number of hydrogen-bond acceptors (Lipinski definition) is 3. The first-order valence-electron chi connectivity index (χ1n) is 7.02. The van der Waals surface area contributed by atoms with Crippen LogP contribution in [0.1, 0.15) is 24.1 Å². The lowest BCUT2D eigenvalue weighted by molar-refractivity contribution is -0.143. The minimum absolute atomic E-state index is 0.172. The third-order valence-corrected chi connectivity index (χ3v) is 4.05. The molecule has 0 bridgehead atoms. The predicted molar refractivity (Wildman–Crippen MR) is 75.6 cm³/mol. The Hall–Kier alpha value is -1.88. The molecule has 0 aromatic carbocycles. The number of aromatic nitrogens is 2. The molecule has 1 N–H and O–H groups in total. The first-order chi connectivity index (χ1) is 9.63. The fourth-order valence-electron chi connectivity index (χ4n) is 2.85. The van der Waals surface area contributed by atoms with Gasteiger partial charge in [0.15, 0.2) is 0 Å². The van der Waals surface area contributed by atoms with Crippen LogP contribution in [0.3, 0.4) is 0 Å². The van der Waals surface area contributed by atoms with E-state index >= 15 is 0 Å². The second-order valence-electron chi connectivity index (χ2n) is 5.54. The molecule has 5 heteroatoms. The van der Waals surface area contributed by atoms with E-state index in [-0.39, 0.29) is 5.92 Å². The summed E-state index contributed by atoms with van der Waals surface area (Å²) in [5, 5.41) is 9.01. The molecule has 0 spiro atoms. The topological polar surface area (TPSA) is 57.8 Å². The molecule has 2 aromatic heterocycles. The first-order valence-corrected chi connectivity index (χ1v) is 7.02. The summed E-state index contributed by atoms with van der Waals surface area (Å²) < 4.78 is 2.05. The summed E-state index contributed by atoms with van der Waals surface area (Å²) in [4.78, 5) is 17.9. The van der Waals surface area contributed by atoms with Crippen LogP contribution < -0.4 is 0 Å². The molecule has 0 saturated carbocycles. The van der Waals surface area contributed by atoms with Crippen LogP contribution in [0, 0.1) is 12.8 Å². The van der Waals surface area contributed by atoms with Crippen molar-refractivity contribution in [2.75, 3.05) is 13.1 Å². The molecule has 3 rings (SSSR count). The zero-order valence-corrected chi connectivity index (χ0v) is 11.6. The third-order valence-electron chi connectivity index (χ3n) is 4.05. The van der Waals surface area contributed by atoms with E-state index in [0.717, 1.165) is 43.8 Å². The predicted octanol–water partition coefficient (Wildman–Crippen LogP) is 1.94. The average molecular weight is 273 g/mol. The average Bonchev–Trinajstić information content (AvgIpc) is 2.83. The molecule has 2 aromatic rings. The molecule has 20 heavy (non-hydrogen) atoms. The molecule has 0 unspecified atom stereocenters. The number of likely N-dealkylation sites (tertiary alicyclic amines) is 1. The Labute approximate surface area is 117 Å². The summed E-state index contributed by atoms with van der Waals surface area (Å²) in [6, 6.07) is 4.08. The zero-order valence-electron chi connectivity index (χ0n) is 11.6. The van der Waals surface area contributed by atoms with Gasteiger partial charge in [-0.05, 0) is 44.5 Å². The van der Waals surface area contributed by atoms with Gasteiger partial charge in [0.05, 0.1) is 11.6 Å². The summed E-state index contributed by atoms with van der Waals surface area (Å²) in [6.07, 6.45) is 5.55. The number of imidazole rings is 1. The Bertz CT molecular complexity index is 627. The largest absolute Gasteiger partial charge is 0.481 e. The molecular formula is C15H19N3O2. The third kappa shape index (κ3) is 2.54. The van der Waals surface area contributed by atoms with E-state index in [1.54, 1.807) is 0 Å². The number of aryl methyl sites for hydroxylation is 1. The highest BCUT2D eigenvalue weighted by Crippen LogP contribution is 2.19. The van der Waals surface area contributed by atoms with Gasteiger partial charge in [0.25, 0.3) is 0 Å². The molecule has 3 heterocycles. The number of fused-ring (bicyclic) bond motifs is 1. The van der Waals surface area contributed by atoms with E-state index < -0.39 is 5.97 Å². The lowest BCUT2D eigenvalue weighted by Crippen LogP contribution is -2.35. The Balaban J connectivity index is 1.68. The van der Waals surface area contributed by atoms with Crippen LogP contribution >= 0.6 is 0 Å². The number of pyridine rings is 1. The van der Waals surface area contributed by atoms with Gasteiger partial charge in [0.1, 0.15) is 5.65 Å². The maximum Gasteiger partial charge on any atom is 0.306 e. The molecule has 0 atom stereocenters. The summed E-state index contributed by atoms with van der Waals surface area (Å²) in [7, 11) is 0. The lowest BCUT2D eigenvalue weighted by atomic mass is 9.97. The van der Waals surface area contributed by atoms with Gasteiger partial charge in [-0.15, -0.1) is 0 Å². The van der Waals surface area contributed by atoms with E-state index in [4.69, 9.17) is 5.11 Å². The normalized spacial score (nSPS) is 17.6. The van der Waals surface area contributed by atoms with E-state index in [1.165, 1.54) is 5.56 Å². The smallest absolute Gasteiger partial charge is 0.306 e. The van der Waals surface area contributed by atoms with Gasteiger partial charge in [-0.3, -0.25) is 9.69 Å². The van der Waals surface area contributed by atoms with Crippen LogP contribution in [0.2, 0.25) is 0 Å². The standard InChI is InChI=1S/C15H19N3O2/c1-11-3-2-6-18-10-13(16-14(11)18)9-17-7-4-12(5-8-17)15(19)20/h2-3,6,10,12H,4-5,7-9H2,1H3,(H,19,20).